The molecule has 3 aromatic carbocycles. The highest BCUT2D eigenvalue weighted by molar-refractivity contribution is 5.87. The number of carbonyl (C=O) groups is 1. The molecule has 3 aromatic rings. The first kappa shape index (κ1) is 17.8. The molecule has 0 spiro atoms. The molecule has 1 N–H and O–H groups in total. The van der Waals surface area contributed by atoms with E-state index >= 15 is 0 Å². The monoisotopic (exact) mass is 349 g/mol. The van der Waals surface area contributed by atoms with E-state index in [1.165, 1.54) is 5.39 Å². The van der Waals surface area contributed by atoms with Crippen molar-refractivity contribution in [2.75, 3.05) is 14.2 Å². The molecule has 134 valence electrons. The van der Waals surface area contributed by atoms with Crippen LogP contribution in [-0.2, 0) is 11.2 Å². The highest BCUT2D eigenvalue weighted by Crippen LogP contribution is 2.28. The fourth-order valence-electron chi connectivity index (χ4n) is 3.17. The van der Waals surface area contributed by atoms with Crippen molar-refractivity contribution in [2.45, 2.75) is 19.4 Å². The first-order chi connectivity index (χ1) is 12.6. The summed E-state index contributed by atoms with van der Waals surface area (Å²) in [5.74, 6) is 1.25. The van der Waals surface area contributed by atoms with Crippen LogP contribution < -0.4 is 14.8 Å². The molecule has 0 aromatic heterocycles. The Labute approximate surface area is 153 Å². The number of fused-ring (bicyclic) bond motifs is 1. The minimum absolute atomic E-state index is 0.0299. The van der Waals surface area contributed by atoms with Crippen molar-refractivity contribution in [1.82, 2.24) is 5.32 Å². The van der Waals surface area contributed by atoms with Crippen molar-refractivity contribution in [2.24, 2.45) is 0 Å². The smallest absolute Gasteiger partial charge is 0.224 e. The van der Waals surface area contributed by atoms with Crippen LogP contribution in [0, 0.1) is 0 Å². The summed E-state index contributed by atoms with van der Waals surface area (Å²) < 4.78 is 10.5. The fraction of sp³-hybridized carbons (Fsp3) is 0.227. The van der Waals surface area contributed by atoms with Crippen LogP contribution >= 0.6 is 0 Å². The molecule has 0 radical (unpaired) electrons. The lowest BCUT2D eigenvalue weighted by Gasteiger charge is -2.17. The van der Waals surface area contributed by atoms with Gasteiger partial charge in [-0.3, -0.25) is 4.79 Å². The minimum atomic E-state index is -0.0752. The van der Waals surface area contributed by atoms with Crippen LogP contribution in [0.25, 0.3) is 10.8 Å². The highest BCUT2D eigenvalue weighted by atomic mass is 16.5. The van der Waals surface area contributed by atoms with Crippen LogP contribution in [0.15, 0.2) is 60.7 Å². The minimum Gasteiger partial charge on any atom is -0.493 e. The predicted molar refractivity (Wildman–Crippen MR) is 104 cm³/mol. The number of benzene rings is 3. The molecule has 0 saturated carbocycles. The molecule has 4 heteroatoms. The SMILES string of the molecule is COc1ccc(CC(=O)NC(C)c2cccc3ccccc23)cc1OC. The van der Waals surface area contributed by atoms with E-state index in [9.17, 15) is 4.79 Å². The number of carbonyl (C=O) groups excluding carboxylic acids is 1. The third-order valence-corrected chi connectivity index (χ3v) is 4.48. The van der Waals surface area contributed by atoms with E-state index in [0.717, 1.165) is 16.5 Å². The Balaban J connectivity index is 1.73. The molecule has 0 aliphatic rings. The van der Waals surface area contributed by atoms with E-state index in [1.54, 1.807) is 14.2 Å². The second-order valence-electron chi connectivity index (χ2n) is 6.22. The van der Waals surface area contributed by atoms with Gasteiger partial charge in [0.1, 0.15) is 0 Å². The van der Waals surface area contributed by atoms with Gasteiger partial charge in [-0.25, -0.2) is 0 Å². The third-order valence-electron chi connectivity index (χ3n) is 4.48. The lowest BCUT2D eigenvalue weighted by Crippen LogP contribution is -2.28. The van der Waals surface area contributed by atoms with Crippen molar-refractivity contribution in [3.63, 3.8) is 0 Å². The van der Waals surface area contributed by atoms with Gasteiger partial charge in [0.05, 0.1) is 26.7 Å². The van der Waals surface area contributed by atoms with Crippen LogP contribution in [0.5, 0.6) is 11.5 Å². The predicted octanol–water partition coefficient (Wildman–Crippen LogP) is 4.28. The Kier molecular flexibility index (Phi) is 5.42. The average molecular weight is 349 g/mol. The molecule has 1 atom stereocenters. The molecule has 1 unspecified atom stereocenters. The summed E-state index contributed by atoms with van der Waals surface area (Å²) in [5, 5.41) is 5.43. The fourth-order valence-corrected chi connectivity index (χ4v) is 3.17. The summed E-state index contributed by atoms with van der Waals surface area (Å²) in [6.45, 7) is 2.01. The van der Waals surface area contributed by atoms with Crippen LogP contribution in [0.3, 0.4) is 0 Å². The normalized spacial score (nSPS) is 11.8. The van der Waals surface area contributed by atoms with Crippen LogP contribution in [0.4, 0.5) is 0 Å². The van der Waals surface area contributed by atoms with Gasteiger partial charge in [-0.1, -0.05) is 48.5 Å². The van der Waals surface area contributed by atoms with Gasteiger partial charge in [0.15, 0.2) is 11.5 Å². The van der Waals surface area contributed by atoms with Crippen molar-refractivity contribution >= 4 is 16.7 Å². The molecule has 0 heterocycles. The van der Waals surface area contributed by atoms with E-state index in [4.69, 9.17) is 9.47 Å². The maximum atomic E-state index is 12.5. The number of rotatable bonds is 6. The summed E-state index contributed by atoms with van der Waals surface area (Å²) >= 11 is 0. The van der Waals surface area contributed by atoms with Crippen molar-refractivity contribution in [1.29, 1.82) is 0 Å². The molecular weight excluding hydrogens is 326 g/mol. The highest BCUT2D eigenvalue weighted by Gasteiger charge is 2.13. The van der Waals surface area contributed by atoms with Gasteiger partial charge in [-0.2, -0.15) is 0 Å². The van der Waals surface area contributed by atoms with Crippen molar-refractivity contribution in [3.05, 3.63) is 71.8 Å². The molecule has 0 aliphatic heterocycles. The number of ether oxygens (including phenoxy) is 2. The van der Waals surface area contributed by atoms with Crippen LogP contribution in [0.2, 0.25) is 0 Å². The summed E-state index contributed by atoms with van der Waals surface area (Å²) in [6, 6.07) is 19.8. The first-order valence-corrected chi connectivity index (χ1v) is 8.60. The Morgan fingerprint density at radius 1 is 0.962 bits per heavy atom. The van der Waals surface area contributed by atoms with Gasteiger partial charge < -0.3 is 14.8 Å². The quantitative estimate of drug-likeness (QED) is 0.723. The number of amides is 1. The summed E-state index contributed by atoms with van der Waals surface area (Å²) in [5.41, 5.74) is 1.99. The topological polar surface area (TPSA) is 47.6 Å². The summed E-state index contributed by atoms with van der Waals surface area (Å²) in [6.07, 6.45) is 0.287. The second kappa shape index (κ2) is 7.91. The second-order valence-corrected chi connectivity index (χ2v) is 6.22. The van der Waals surface area contributed by atoms with E-state index in [2.05, 4.69) is 29.6 Å². The molecule has 0 saturated heterocycles. The lowest BCUT2D eigenvalue weighted by atomic mass is 9.99. The average Bonchev–Trinajstić information content (AvgIpc) is 2.67. The zero-order valence-electron chi connectivity index (χ0n) is 15.3. The maximum Gasteiger partial charge on any atom is 0.224 e. The van der Waals surface area contributed by atoms with Crippen LogP contribution in [0.1, 0.15) is 24.1 Å². The molecule has 0 fully saturated rings. The van der Waals surface area contributed by atoms with Gasteiger partial charge in [-0.15, -0.1) is 0 Å². The largest absolute Gasteiger partial charge is 0.493 e. The molecule has 0 aliphatic carbocycles. The molecule has 0 bridgehead atoms. The zero-order chi connectivity index (χ0) is 18.5. The van der Waals surface area contributed by atoms with Crippen molar-refractivity contribution < 1.29 is 14.3 Å². The van der Waals surface area contributed by atoms with Gasteiger partial charge in [0, 0.05) is 0 Å². The number of nitrogens with one attached hydrogen (secondary N) is 1. The molecular formula is C22H23NO3. The Bertz CT molecular complexity index is 915. The Morgan fingerprint density at radius 2 is 1.69 bits per heavy atom. The molecule has 1 amide bonds. The standard InChI is InChI=1S/C22H23NO3/c1-15(18-10-6-8-17-7-4-5-9-19(17)18)23-22(24)14-16-11-12-20(25-2)21(13-16)26-3/h4-13,15H,14H2,1-3H3,(H,23,24). The Morgan fingerprint density at radius 3 is 2.46 bits per heavy atom. The molecule has 4 nitrogen and oxygen atoms in total. The molecule has 3 rings (SSSR count). The zero-order valence-corrected chi connectivity index (χ0v) is 15.3. The van der Waals surface area contributed by atoms with E-state index in [-0.39, 0.29) is 18.4 Å². The summed E-state index contributed by atoms with van der Waals surface area (Å²) in [4.78, 5) is 12.5. The van der Waals surface area contributed by atoms with Gasteiger partial charge in [-0.05, 0) is 41.0 Å². The third kappa shape index (κ3) is 3.80. The first-order valence-electron chi connectivity index (χ1n) is 8.60. The number of hydrogen-bond donors (Lipinski definition) is 1. The van der Waals surface area contributed by atoms with E-state index in [0.29, 0.717) is 11.5 Å². The Hall–Kier alpha value is -3.01. The number of hydrogen-bond acceptors (Lipinski definition) is 3. The molecule has 26 heavy (non-hydrogen) atoms. The van der Waals surface area contributed by atoms with E-state index in [1.807, 2.05) is 43.3 Å². The van der Waals surface area contributed by atoms with Crippen LogP contribution in [-0.4, -0.2) is 20.1 Å². The lowest BCUT2D eigenvalue weighted by molar-refractivity contribution is -0.121. The number of methoxy groups -OCH3 is 2. The van der Waals surface area contributed by atoms with E-state index < -0.39 is 0 Å². The van der Waals surface area contributed by atoms with Gasteiger partial charge in [0.2, 0.25) is 5.91 Å². The maximum absolute atomic E-state index is 12.5. The van der Waals surface area contributed by atoms with Crippen molar-refractivity contribution in [3.8, 4) is 11.5 Å². The van der Waals surface area contributed by atoms with Gasteiger partial charge in [0.25, 0.3) is 0 Å². The summed E-state index contributed by atoms with van der Waals surface area (Å²) in [7, 11) is 3.18. The van der Waals surface area contributed by atoms with Gasteiger partial charge >= 0.3 is 0 Å².